The first kappa shape index (κ1) is 26.0. The first-order valence-electron chi connectivity index (χ1n) is 9.99. The number of rotatable bonds is 7. The van der Waals surface area contributed by atoms with Crippen LogP contribution in [0.3, 0.4) is 0 Å². The molecule has 0 bridgehead atoms. The molecule has 3 rings (SSSR count). The van der Waals surface area contributed by atoms with E-state index in [0.29, 0.717) is 5.56 Å². The lowest BCUT2D eigenvalue weighted by molar-refractivity contribution is 0.0697. The second kappa shape index (κ2) is 12.7. The smallest absolute Gasteiger partial charge is 0.394 e. The number of benzene rings is 2. The summed E-state index contributed by atoms with van der Waals surface area (Å²) in [4.78, 5) is 15.8. The Hall–Kier alpha value is -2.27. The number of carbonyl (C=O) groups is 1. The van der Waals surface area contributed by atoms with E-state index >= 15 is 0 Å². The van der Waals surface area contributed by atoms with Gasteiger partial charge in [-0.3, -0.25) is 14.0 Å². The average molecular weight is 483 g/mol. The number of carboxylic acid groups (broad SMARTS) is 1. The van der Waals surface area contributed by atoms with Crippen LogP contribution < -0.4 is 0 Å². The van der Waals surface area contributed by atoms with Crippen LogP contribution in [-0.2, 0) is 16.8 Å². The molecular formula is C22H27ClN2O6S. The number of hydrogen-bond donors (Lipinski definition) is 3. The van der Waals surface area contributed by atoms with Gasteiger partial charge in [0, 0.05) is 44.3 Å². The highest BCUT2D eigenvalue weighted by atomic mass is 35.5. The van der Waals surface area contributed by atoms with Crippen molar-refractivity contribution in [2.75, 3.05) is 39.3 Å². The summed E-state index contributed by atoms with van der Waals surface area (Å²) >= 11 is 5.90. The van der Waals surface area contributed by atoms with Crippen LogP contribution in [0.5, 0.6) is 0 Å². The zero-order valence-electron chi connectivity index (χ0n) is 17.5. The number of aromatic carboxylic acids is 1. The van der Waals surface area contributed by atoms with Crippen molar-refractivity contribution in [1.29, 1.82) is 0 Å². The van der Waals surface area contributed by atoms with Crippen molar-refractivity contribution in [3.05, 3.63) is 76.3 Å². The number of hydrogen-bond acceptors (Lipinski definition) is 5. The summed E-state index contributed by atoms with van der Waals surface area (Å²) in [5.41, 5.74) is 2.71. The van der Waals surface area contributed by atoms with Crippen molar-refractivity contribution in [2.24, 2.45) is 0 Å². The molecule has 0 aliphatic carbocycles. The molecular weight excluding hydrogens is 456 g/mol. The molecule has 1 aliphatic heterocycles. The van der Waals surface area contributed by atoms with Crippen LogP contribution >= 0.6 is 11.6 Å². The average Bonchev–Trinajstić information content (AvgIpc) is 2.74. The van der Waals surface area contributed by atoms with Crippen LogP contribution in [0.2, 0.25) is 5.02 Å². The minimum absolute atomic E-state index is 0.346. The lowest BCUT2D eigenvalue weighted by Crippen LogP contribution is -2.46. The molecule has 0 atom stereocenters. The second-order valence-corrected chi connectivity index (χ2v) is 8.63. The summed E-state index contributed by atoms with van der Waals surface area (Å²) in [7, 11) is -4.67. The van der Waals surface area contributed by atoms with Gasteiger partial charge in [-0.1, -0.05) is 48.0 Å². The summed E-state index contributed by atoms with van der Waals surface area (Å²) < 4.78 is 31.6. The number of halogens is 1. The molecule has 1 heterocycles. The van der Waals surface area contributed by atoms with Crippen LogP contribution in [0, 0.1) is 0 Å². The van der Waals surface area contributed by atoms with Crippen molar-refractivity contribution in [3.8, 4) is 0 Å². The fourth-order valence-electron chi connectivity index (χ4n) is 3.21. The molecule has 2 aromatic rings. The van der Waals surface area contributed by atoms with Gasteiger partial charge in [0.25, 0.3) is 0 Å². The maximum absolute atomic E-state index is 10.9. The molecule has 174 valence electrons. The number of carboxylic acids is 1. The maximum Gasteiger partial charge on any atom is 0.394 e. The van der Waals surface area contributed by atoms with Gasteiger partial charge in [-0.2, -0.15) is 8.42 Å². The molecule has 0 aromatic heterocycles. The van der Waals surface area contributed by atoms with Gasteiger partial charge >= 0.3 is 16.4 Å². The predicted octanol–water partition coefficient (Wildman–Crippen LogP) is 3.26. The standard InChI is InChI=1S/C22H25ClN2O2.H2O4S/c23-21-9-5-18(6-10-21)2-1-12-24-14-16-25(17-15-24)13-11-19-3-7-20(8-4-19)22(26)27;1-5(2,3)4/h1-10H,11-17H2,(H,26,27);(H2,1,2,3,4)/b2-1+;. The third-order valence-corrected chi connectivity index (χ3v) is 5.18. The summed E-state index contributed by atoms with van der Waals surface area (Å²) in [6.07, 6.45) is 5.31. The number of piperazine rings is 1. The van der Waals surface area contributed by atoms with Gasteiger partial charge in [0.05, 0.1) is 5.56 Å². The summed E-state index contributed by atoms with van der Waals surface area (Å²) in [6, 6.07) is 15.1. The van der Waals surface area contributed by atoms with E-state index in [1.165, 1.54) is 11.1 Å². The van der Waals surface area contributed by atoms with E-state index in [4.69, 9.17) is 34.2 Å². The second-order valence-electron chi connectivity index (χ2n) is 7.30. The monoisotopic (exact) mass is 482 g/mol. The Balaban J connectivity index is 0.000000654. The first-order chi connectivity index (χ1) is 15.1. The molecule has 32 heavy (non-hydrogen) atoms. The summed E-state index contributed by atoms with van der Waals surface area (Å²) in [6.45, 7) is 6.27. The molecule has 0 amide bonds. The zero-order valence-corrected chi connectivity index (χ0v) is 19.0. The predicted molar refractivity (Wildman–Crippen MR) is 125 cm³/mol. The maximum atomic E-state index is 10.9. The Kier molecular flexibility index (Phi) is 10.3. The number of nitrogens with zero attached hydrogens (tertiary/aromatic N) is 2. The third kappa shape index (κ3) is 10.9. The van der Waals surface area contributed by atoms with Gasteiger partial charge in [0.2, 0.25) is 0 Å². The van der Waals surface area contributed by atoms with Crippen LogP contribution in [0.25, 0.3) is 6.08 Å². The van der Waals surface area contributed by atoms with E-state index in [9.17, 15) is 4.79 Å². The lowest BCUT2D eigenvalue weighted by atomic mass is 10.1. The van der Waals surface area contributed by atoms with Crippen molar-refractivity contribution < 1.29 is 27.4 Å². The van der Waals surface area contributed by atoms with E-state index in [-0.39, 0.29) is 0 Å². The highest BCUT2D eigenvalue weighted by Gasteiger charge is 2.15. The Bertz CT molecular complexity index is 978. The largest absolute Gasteiger partial charge is 0.478 e. The minimum Gasteiger partial charge on any atom is -0.478 e. The molecule has 2 aromatic carbocycles. The topological polar surface area (TPSA) is 118 Å². The van der Waals surface area contributed by atoms with Crippen molar-refractivity contribution in [3.63, 3.8) is 0 Å². The molecule has 0 saturated carbocycles. The molecule has 1 saturated heterocycles. The molecule has 1 fully saturated rings. The van der Waals surface area contributed by atoms with Crippen LogP contribution in [0.15, 0.2) is 54.6 Å². The minimum atomic E-state index is -4.67. The highest BCUT2D eigenvalue weighted by Crippen LogP contribution is 2.11. The summed E-state index contributed by atoms with van der Waals surface area (Å²) in [5, 5.41) is 9.71. The Labute approximate surface area is 193 Å². The highest BCUT2D eigenvalue weighted by molar-refractivity contribution is 7.79. The molecule has 0 radical (unpaired) electrons. The SMILES string of the molecule is O=C(O)c1ccc(CCN2CCN(C/C=C/c3ccc(Cl)cc3)CC2)cc1.O=S(=O)(O)O. The van der Waals surface area contributed by atoms with Gasteiger partial charge in [-0.05, 0) is 41.8 Å². The Morgan fingerprint density at radius 1 is 0.938 bits per heavy atom. The van der Waals surface area contributed by atoms with E-state index in [2.05, 4.69) is 22.0 Å². The quantitative estimate of drug-likeness (QED) is 0.514. The van der Waals surface area contributed by atoms with Gasteiger partial charge in [0.1, 0.15) is 0 Å². The van der Waals surface area contributed by atoms with E-state index in [1.807, 2.05) is 36.4 Å². The molecule has 1 aliphatic rings. The molecule has 10 heteroatoms. The Morgan fingerprint density at radius 2 is 1.47 bits per heavy atom. The van der Waals surface area contributed by atoms with Crippen molar-refractivity contribution in [2.45, 2.75) is 6.42 Å². The molecule has 0 unspecified atom stereocenters. The zero-order chi connectivity index (χ0) is 23.6. The normalized spacial score (nSPS) is 15.3. The van der Waals surface area contributed by atoms with Crippen LogP contribution in [-0.4, -0.2) is 77.7 Å². The van der Waals surface area contributed by atoms with E-state index < -0.39 is 16.4 Å². The Morgan fingerprint density at radius 3 is 2.00 bits per heavy atom. The molecule has 8 nitrogen and oxygen atoms in total. The first-order valence-corrected chi connectivity index (χ1v) is 11.8. The summed E-state index contributed by atoms with van der Waals surface area (Å²) in [5.74, 6) is -0.872. The fourth-order valence-corrected chi connectivity index (χ4v) is 3.33. The molecule has 0 spiro atoms. The van der Waals surface area contributed by atoms with Gasteiger partial charge in [-0.25, -0.2) is 4.79 Å². The lowest BCUT2D eigenvalue weighted by Gasteiger charge is -2.34. The third-order valence-electron chi connectivity index (χ3n) is 4.93. The van der Waals surface area contributed by atoms with E-state index in [0.717, 1.165) is 50.7 Å². The van der Waals surface area contributed by atoms with Crippen molar-refractivity contribution >= 4 is 34.0 Å². The fraction of sp³-hybridized carbons (Fsp3) is 0.318. The van der Waals surface area contributed by atoms with E-state index in [1.54, 1.807) is 12.1 Å². The van der Waals surface area contributed by atoms with Gasteiger partial charge in [0.15, 0.2) is 0 Å². The molecule has 3 N–H and O–H groups in total. The van der Waals surface area contributed by atoms with Crippen LogP contribution in [0.1, 0.15) is 21.5 Å². The van der Waals surface area contributed by atoms with Crippen LogP contribution in [0.4, 0.5) is 0 Å². The van der Waals surface area contributed by atoms with Crippen molar-refractivity contribution in [1.82, 2.24) is 9.80 Å². The van der Waals surface area contributed by atoms with Gasteiger partial charge in [-0.15, -0.1) is 0 Å². The van der Waals surface area contributed by atoms with Gasteiger partial charge < -0.3 is 10.0 Å².